The molecular formula is C26H32N8O2. The largest absolute Gasteiger partial charge is 0.377 e. The quantitative estimate of drug-likeness (QED) is 0.545. The van der Waals surface area contributed by atoms with Gasteiger partial charge in [0.25, 0.3) is 0 Å². The molecule has 2 aliphatic rings. The van der Waals surface area contributed by atoms with Crippen molar-refractivity contribution in [2.75, 3.05) is 43.1 Å². The third-order valence-corrected chi connectivity index (χ3v) is 6.48. The fourth-order valence-corrected chi connectivity index (χ4v) is 4.66. The van der Waals surface area contributed by atoms with Crippen molar-refractivity contribution >= 4 is 17.5 Å². The zero-order chi connectivity index (χ0) is 24.9. The molecule has 1 saturated heterocycles. The molecule has 1 unspecified atom stereocenters. The lowest BCUT2D eigenvalue weighted by molar-refractivity contribution is 0.0983. The minimum Gasteiger partial charge on any atom is -0.377 e. The minimum absolute atomic E-state index is 0.221. The lowest BCUT2D eigenvalue weighted by atomic mass is 10.0. The van der Waals surface area contributed by atoms with E-state index >= 15 is 0 Å². The highest BCUT2D eigenvalue weighted by molar-refractivity contribution is 5.89. The van der Waals surface area contributed by atoms with Crippen molar-refractivity contribution in [2.24, 2.45) is 0 Å². The Morgan fingerprint density at radius 3 is 2.69 bits per heavy atom. The van der Waals surface area contributed by atoms with Crippen LogP contribution in [0.2, 0.25) is 0 Å². The van der Waals surface area contributed by atoms with Gasteiger partial charge in [-0.25, -0.2) is 24.7 Å². The summed E-state index contributed by atoms with van der Waals surface area (Å²) >= 11 is 0. The zero-order valence-electron chi connectivity index (χ0n) is 20.8. The van der Waals surface area contributed by atoms with Gasteiger partial charge in [-0.1, -0.05) is 0 Å². The molecule has 188 valence electrons. The number of hydrogen-bond donors (Lipinski definition) is 2. The van der Waals surface area contributed by atoms with E-state index in [4.69, 9.17) is 14.7 Å². The number of urea groups is 1. The maximum atomic E-state index is 11.9. The van der Waals surface area contributed by atoms with Gasteiger partial charge in [-0.05, 0) is 50.6 Å². The van der Waals surface area contributed by atoms with E-state index in [1.165, 1.54) is 5.56 Å². The number of carbonyl (C=O) groups is 1. The van der Waals surface area contributed by atoms with Gasteiger partial charge in [-0.2, -0.15) is 0 Å². The molecule has 10 heteroatoms. The van der Waals surface area contributed by atoms with Gasteiger partial charge in [0.2, 0.25) is 0 Å². The number of fused-ring (bicyclic) bond motifs is 1. The zero-order valence-corrected chi connectivity index (χ0v) is 20.8. The van der Waals surface area contributed by atoms with E-state index in [9.17, 15) is 4.79 Å². The number of nitrogens with one attached hydrogen (secondary N) is 2. The van der Waals surface area contributed by atoms with Gasteiger partial charge in [0, 0.05) is 55.4 Å². The van der Waals surface area contributed by atoms with Crippen molar-refractivity contribution in [3.8, 4) is 11.4 Å². The summed E-state index contributed by atoms with van der Waals surface area (Å²) < 4.78 is 5.69. The molecule has 36 heavy (non-hydrogen) atoms. The molecule has 1 atom stereocenters. The van der Waals surface area contributed by atoms with Gasteiger partial charge in [0.1, 0.15) is 11.6 Å². The lowest BCUT2D eigenvalue weighted by Gasteiger charge is -2.37. The number of benzene rings is 1. The summed E-state index contributed by atoms with van der Waals surface area (Å²) in [6, 6.07) is 9.52. The molecule has 2 aliphatic heterocycles. The van der Waals surface area contributed by atoms with Crippen LogP contribution >= 0.6 is 0 Å². The van der Waals surface area contributed by atoms with Crippen LogP contribution in [-0.2, 0) is 24.2 Å². The molecule has 2 amide bonds. The molecule has 3 aromatic rings. The van der Waals surface area contributed by atoms with E-state index in [0.29, 0.717) is 38.7 Å². The molecule has 0 aliphatic carbocycles. The van der Waals surface area contributed by atoms with Crippen LogP contribution in [0.1, 0.15) is 30.9 Å². The highest BCUT2D eigenvalue weighted by Gasteiger charge is 2.29. The van der Waals surface area contributed by atoms with Crippen LogP contribution in [0.25, 0.3) is 11.4 Å². The number of anilines is 2. The number of amides is 2. The van der Waals surface area contributed by atoms with Crippen LogP contribution in [0.3, 0.4) is 0 Å². The van der Waals surface area contributed by atoms with Gasteiger partial charge in [0.05, 0.1) is 31.5 Å². The van der Waals surface area contributed by atoms with Crippen molar-refractivity contribution in [1.29, 1.82) is 0 Å². The second-order valence-corrected chi connectivity index (χ2v) is 9.10. The van der Waals surface area contributed by atoms with Crippen molar-refractivity contribution in [2.45, 2.75) is 39.4 Å². The first-order valence-electron chi connectivity index (χ1n) is 12.5. The lowest BCUT2D eigenvalue weighted by Crippen LogP contribution is -2.45. The normalized spacial score (nSPS) is 17.9. The number of hydrogen-bond acceptors (Lipinski definition) is 8. The summed E-state index contributed by atoms with van der Waals surface area (Å²) in [5, 5.41) is 5.58. The first-order chi connectivity index (χ1) is 17.6. The Balaban J connectivity index is 1.45. The Bertz CT molecular complexity index is 1190. The number of rotatable bonds is 6. The van der Waals surface area contributed by atoms with E-state index in [0.717, 1.165) is 48.1 Å². The number of aromatic nitrogens is 4. The molecule has 1 aromatic carbocycles. The minimum atomic E-state index is -0.221. The summed E-state index contributed by atoms with van der Waals surface area (Å²) in [4.78, 5) is 35.4. The molecule has 4 heterocycles. The monoisotopic (exact) mass is 488 g/mol. The first-order valence-corrected chi connectivity index (χ1v) is 12.5. The fraction of sp³-hybridized carbons (Fsp3) is 0.423. The maximum absolute atomic E-state index is 11.9. The highest BCUT2D eigenvalue weighted by atomic mass is 16.5. The number of carbonyl (C=O) groups excluding carboxylic acids is 1. The molecular weight excluding hydrogens is 456 g/mol. The molecule has 0 radical (unpaired) electrons. The van der Waals surface area contributed by atoms with Crippen LogP contribution in [0, 0.1) is 0 Å². The molecule has 10 nitrogen and oxygen atoms in total. The SMILES string of the molecule is CCNC(=O)Nc1ccc(-c2nc3c(c(N4CCOCC4C)n2)CCN(Cc2ncccn2)C3)cc1. The second kappa shape index (κ2) is 11.0. The van der Waals surface area contributed by atoms with E-state index in [2.05, 4.69) is 37.3 Å². The molecule has 0 saturated carbocycles. The van der Waals surface area contributed by atoms with E-state index in [1.54, 1.807) is 12.4 Å². The Morgan fingerprint density at radius 2 is 1.94 bits per heavy atom. The predicted molar refractivity (Wildman–Crippen MR) is 138 cm³/mol. The topological polar surface area (TPSA) is 108 Å². The molecule has 1 fully saturated rings. The number of nitrogens with zero attached hydrogens (tertiary/aromatic N) is 6. The highest BCUT2D eigenvalue weighted by Crippen LogP contribution is 2.32. The second-order valence-electron chi connectivity index (χ2n) is 9.10. The maximum Gasteiger partial charge on any atom is 0.319 e. The Morgan fingerprint density at radius 1 is 1.14 bits per heavy atom. The first kappa shape index (κ1) is 24.1. The van der Waals surface area contributed by atoms with Crippen LogP contribution < -0.4 is 15.5 Å². The summed E-state index contributed by atoms with van der Waals surface area (Å²) in [6.45, 7) is 9.12. The smallest absolute Gasteiger partial charge is 0.319 e. The van der Waals surface area contributed by atoms with E-state index in [-0.39, 0.29) is 12.1 Å². The van der Waals surface area contributed by atoms with Gasteiger partial charge in [0.15, 0.2) is 5.82 Å². The van der Waals surface area contributed by atoms with Crippen molar-refractivity contribution < 1.29 is 9.53 Å². The standard InChI is InChI=1S/C26H32N8O2/c1-3-27-26(35)30-20-7-5-19(6-8-20)24-31-22-15-33(16-23-28-10-4-11-29-23)12-9-21(22)25(32-24)34-13-14-36-17-18(34)2/h4-8,10-11,18H,3,9,12-17H2,1-2H3,(H2,27,30,35). The number of morpholine rings is 1. The van der Waals surface area contributed by atoms with Crippen molar-refractivity contribution in [3.63, 3.8) is 0 Å². The van der Waals surface area contributed by atoms with E-state index < -0.39 is 0 Å². The van der Waals surface area contributed by atoms with Crippen molar-refractivity contribution in [1.82, 2.24) is 30.2 Å². The van der Waals surface area contributed by atoms with Crippen molar-refractivity contribution in [3.05, 3.63) is 59.8 Å². The van der Waals surface area contributed by atoms with Gasteiger partial charge >= 0.3 is 6.03 Å². The molecule has 0 spiro atoms. The van der Waals surface area contributed by atoms with Crippen LogP contribution in [0.5, 0.6) is 0 Å². The molecule has 2 aromatic heterocycles. The Labute approximate surface area is 211 Å². The van der Waals surface area contributed by atoms with Crippen LogP contribution in [-0.4, -0.2) is 69.8 Å². The van der Waals surface area contributed by atoms with Gasteiger partial charge in [-0.15, -0.1) is 0 Å². The number of ether oxygens (including phenoxy) is 1. The fourth-order valence-electron chi connectivity index (χ4n) is 4.66. The molecule has 0 bridgehead atoms. The summed E-state index contributed by atoms with van der Waals surface area (Å²) in [6.07, 6.45) is 4.43. The average molecular weight is 489 g/mol. The Hall–Kier alpha value is -3.63. The molecule has 5 rings (SSSR count). The van der Waals surface area contributed by atoms with Crippen LogP contribution in [0.15, 0.2) is 42.7 Å². The summed E-state index contributed by atoms with van der Waals surface area (Å²) in [5.74, 6) is 2.50. The van der Waals surface area contributed by atoms with Gasteiger partial charge in [-0.3, -0.25) is 4.90 Å². The average Bonchev–Trinajstić information content (AvgIpc) is 2.89. The predicted octanol–water partition coefficient (Wildman–Crippen LogP) is 2.86. The van der Waals surface area contributed by atoms with E-state index in [1.807, 2.05) is 37.3 Å². The summed E-state index contributed by atoms with van der Waals surface area (Å²) in [7, 11) is 0. The summed E-state index contributed by atoms with van der Waals surface area (Å²) in [5.41, 5.74) is 3.89. The molecule has 2 N–H and O–H groups in total. The van der Waals surface area contributed by atoms with Crippen LogP contribution in [0.4, 0.5) is 16.3 Å². The van der Waals surface area contributed by atoms with Gasteiger partial charge < -0.3 is 20.3 Å². The third-order valence-electron chi connectivity index (χ3n) is 6.48. The Kier molecular flexibility index (Phi) is 7.33. The third kappa shape index (κ3) is 5.44.